The number of imide groups is 1. The normalized spacial score (nSPS) is 24.8. The number of likely N-dealkylation sites (tertiary alicyclic amines) is 1. The molecule has 22 heavy (non-hydrogen) atoms. The predicted octanol–water partition coefficient (Wildman–Crippen LogP) is 2.77. The fourth-order valence-electron chi connectivity index (χ4n) is 3.23. The van der Waals surface area contributed by atoms with Crippen LogP contribution in [0.5, 0.6) is 0 Å². The van der Waals surface area contributed by atoms with Crippen LogP contribution in [0.4, 0.5) is 0 Å². The number of hydrogen-bond acceptors (Lipinski definition) is 2. The minimum Gasteiger partial charge on any atom is -0.285 e. The zero-order chi connectivity index (χ0) is 15.5. The standard InChI is InChI=1S/C19H19NO2/c1-20-18(21)13-17(19(20)22)16-10-6-5-9-15(16)12-11-14-7-3-2-4-8-14/h2-4,7-9,16-17H,5-6,10,13H2,1H3/t16-,17+/m0/s1. The van der Waals surface area contributed by atoms with Crippen LogP contribution in [-0.2, 0) is 9.59 Å². The maximum absolute atomic E-state index is 12.3. The molecule has 2 amide bonds. The molecule has 2 atom stereocenters. The Bertz CT molecular complexity index is 678. The summed E-state index contributed by atoms with van der Waals surface area (Å²) in [4.78, 5) is 25.3. The Morgan fingerprint density at radius 3 is 2.55 bits per heavy atom. The molecule has 1 saturated heterocycles. The Morgan fingerprint density at radius 1 is 1.09 bits per heavy atom. The number of nitrogens with zero attached hydrogens (tertiary/aromatic N) is 1. The third kappa shape index (κ3) is 2.82. The van der Waals surface area contributed by atoms with Crippen molar-refractivity contribution >= 4 is 11.8 Å². The first-order valence-electron chi connectivity index (χ1n) is 7.74. The van der Waals surface area contributed by atoms with Gasteiger partial charge in [0.2, 0.25) is 11.8 Å². The van der Waals surface area contributed by atoms with Crippen molar-refractivity contribution < 1.29 is 9.59 Å². The van der Waals surface area contributed by atoms with Crippen molar-refractivity contribution in [3.05, 3.63) is 47.5 Å². The van der Waals surface area contributed by atoms with Crippen molar-refractivity contribution in [1.29, 1.82) is 0 Å². The van der Waals surface area contributed by atoms with Crippen molar-refractivity contribution in [2.45, 2.75) is 25.7 Å². The van der Waals surface area contributed by atoms with E-state index in [1.165, 1.54) is 4.90 Å². The van der Waals surface area contributed by atoms with Gasteiger partial charge in [-0.2, -0.15) is 0 Å². The molecule has 0 radical (unpaired) electrons. The van der Waals surface area contributed by atoms with Gasteiger partial charge in [0.25, 0.3) is 0 Å². The number of amides is 2. The second-order valence-electron chi connectivity index (χ2n) is 5.91. The molecule has 1 fully saturated rings. The van der Waals surface area contributed by atoms with Crippen molar-refractivity contribution in [1.82, 2.24) is 4.90 Å². The number of rotatable bonds is 1. The van der Waals surface area contributed by atoms with Gasteiger partial charge in [0, 0.05) is 30.5 Å². The molecule has 1 aromatic carbocycles. The molecule has 1 heterocycles. The Kier molecular flexibility index (Phi) is 4.11. The third-order valence-electron chi connectivity index (χ3n) is 4.51. The minimum atomic E-state index is -0.228. The predicted molar refractivity (Wildman–Crippen MR) is 84.6 cm³/mol. The Morgan fingerprint density at radius 2 is 1.86 bits per heavy atom. The van der Waals surface area contributed by atoms with E-state index in [2.05, 4.69) is 17.9 Å². The Hall–Kier alpha value is -2.34. The first kappa shape index (κ1) is 14.6. The van der Waals surface area contributed by atoms with E-state index < -0.39 is 0 Å². The highest BCUT2D eigenvalue weighted by Crippen LogP contribution is 2.36. The van der Waals surface area contributed by atoms with Crippen LogP contribution in [-0.4, -0.2) is 23.8 Å². The lowest BCUT2D eigenvalue weighted by Gasteiger charge is -2.25. The molecule has 0 spiro atoms. The lowest BCUT2D eigenvalue weighted by Crippen LogP contribution is -2.29. The van der Waals surface area contributed by atoms with E-state index in [0.29, 0.717) is 6.42 Å². The van der Waals surface area contributed by atoms with Crippen LogP contribution in [0.3, 0.4) is 0 Å². The van der Waals surface area contributed by atoms with Crippen LogP contribution >= 0.6 is 0 Å². The number of allylic oxidation sites excluding steroid dienone is 2. The molecule has 1 aliphatic carbocycles. The lowest BCUT2D eigenvalue weighted by atomic mass is 9.78. The lowest BCUT2D eigenvalue weighted by molar-refractivity contribution is -0.138. The number of benzene rings is 1. The van der Waals surface area contributed by atoms with E-state index in [4.69, 9.17) is 0 Å². The van der Waals surface area contributed by atoms with Crippen molar-refractivity contribution in [2.24, 2.45) is 11.8 Å². The summed E-state index contributed by atoms with van der Waals surface area (Å²) in [5.74, 6) is 6.16. The third-order valence-corrected chi connectivity index (χ3v) is 4.51. The van der Waals surface area contributed by atoms with Gasteiger partial charge in [0.15, 0.2) is 0 Å². The molecule has 3 rings (SSSR count). The fourth-order valence-corrected chi connectivity index (χ4v) is 3.23. The maximum Gasteiger partial charge on any atom is 0.233 e. The van der Waals surface area contributed by atoms with Crippen LogP contribution in [0.15, 0.2) is 42.0 Å². The molecular weight excluding hydrogens is 274 g/mol. The maximum atomic E-state index is 12.3. The quantitative estimate of drug-likeness (QED) is 0.590. The van der Waals surface area contributed by atoms with Gasteiger partial charge in [-0.1, -0.05) is 36.1 Å². The summed E-state index contributed by atoms with van der Waals surface area (Å²) < 4.78 is 0. The van der Waals surface area contributed by atoms with Gasteiger partial charge in [0.1, 0.15) is 0 Å². The number of hydrogen-bond donors (Lipinski definition) is 0. The highest BCUT2D eigenvalue weighted by molar-refractivity contribution is 6.03. The van der Waals surface area contributed by atoms with Crippen LogP contribution in [0, 0.1) is 23.7 Å². The fraction of sp³-hybridized carbons (Fsp3) is 0.368. The summed E-state index contributed by atoms with van der Waals surface area (Å²) in [6.07, 6.45) is 5.46. The van der Waals surface area contributed by atoms with Gasteiger partial charge in [-0.25, -0.2) is 0 Å². The molecular formula is C19H19NO2. The largest absolute Gasteiger partial charge is 0.285 e. The van der Waals surface area contributed by atoms with Crippen LogP contribution in [0.2, 0.25) is 0 Å². The first-order valence-corrected chi connectivity index (χ1v) is 7.74. The second kappa shape index (κ2) is 6.19. The molecule has 0 unspecified atom stereocenters. The monoisotopic (exact) mass is 293 g/mol. The molecule has 0 aromatic heterocycles. The summed E-state index contributed by atoms with van der Waals surface area (Å²) in [6, 6.07) is 9.84. The summed E-state index contributed by atoms with van der Waals surface area (Å²) >= 11 is 0. The average Bonchev–Trinajstić information content (AvgIpc) is 2.82. The second-order valence-corrected chi connectivity index (χ2v) is 5.91. The summed E-state index contributed by atoms with van der Waals surface area (Å²) in [5.41, 5.74) is 2.00. The van der Waals surface area contributed by atoms with Crippen LogP contribution in [0.25, 0.3) is 0 Å². The zero-order valence-corrected chi connectivity index (χ0v) is 12.7. The molecule has 3 nitrogen and oxygen atoms in total. The summed E-state index contributed by atoms with van der Waals surface area (Å²) in [5, 5.41) is 0. The smallest absolute Gasteiger partial charge is 0.233 e. The van der Waals surface area contributed by atoms with Gasteiger partial charge in [-0.3, -0.25) is 14.5 Å². The van der Waals surface area contributed by atoms with Crippen molar-refractivity contribution in [3.8, 4) is 11.8 Å². The minimum absolute atomic E-state index is 0.0516. The molecule has 0 N–H and O–H groups in total. The number of carbonyl (C=O) groups is 2. The van der Waals surface area contributed by atoms with E-state index in [-0.39, 0.29) is 23.7 Å². The van der Waals surface area contributed by atoms with Crippen LogP contribution in [0.1, 0.15) is 31.2 Å². The van der Waals surface area contributed by atoms with Crippen molar-refractivity contribution in [2.75, 3.05) is 7.05 Å². The van der Waals surface area contributed by atoms with Crippen molar-refractivity contribution in [3.63, 3.8) is 0 Å². The molecule has 3 heteroatoms. The Balaban J connectivity index is 1.84. The van der Waals surface area contributed by atoms with Gasteiger partial charge in [0.05, 0.1) is 5.92 Å². The Labute approximate surface area is 131 Å². The summed E-state index contributed by atoms with van der Waals surface area (Å²) in [6.45, 7) is 0. The van der Waals surface area contributed by atoms with E-state index in [9.17, 15) is 9.59 Å². The average molecular weight is 293 g/mol. The first-order chi connectivity index (χ1) is 10.7. The topological polar surface area (TPSA) is 37.4 Å². The van der Waals surface area contributed by atoms with E-state index in [1.807, 2.05) is 30.3 Å². The van der Waals surface area contributed by atoms with Crippen LogP contribution < -0.4 is 0 Å². The highest BCUT2D eigenvalue weighted by Gasteiger charge is 2.42. The SMILES string of the molecule is CN1C(=O)C[C@H]([C@H]2CCCC=C2C#Cc2ccccc2)C1=O. The van der Waals surface area contributed by atoms with E-state index >= 15 is 0 Å². The van der Waals surface area contributed by atoms with Gasteiger partial charge >= 0.3 is 0 Å². The summed E-state index contributed by atoms with van der Waals surface area (Å²) in [7, 11) is 1.58. The van der Waals surface area contributed by atoms with Gasteiger partial charge < -0.3 is 0 Å². The molecule has 0 bridgehead atoms. The molecule has 112 valence electrons. The molecule has 1 aliphatic heterocycles. The van der Waals surface area contributed by atoms with Gasteiger partial charge in [-0.05, 0) is 31.4 Å². The molecule has 0 saturated carbocycles. The zero-order valence-electron chi connectivity index (χ0n) is 12.7. The van der Waals surface area contributed by atoms with Gasteiger partial charge in [-0.15, -0.1) is 0 Å². The molecule has 2 aliphatic rings. The van der Waals surface area contributed by atoms with E-state index in [0.717, 1.165) is 30.4 Å². The highest BCUT2D eigenvalue weighted by atomic mass is 16.2. The molecule has 1 aromatic rings. The van der Waals surface area contributed by atoms with E-state index in [1.54, 1.807) is 7.05 Å². The number of carbonyl (C=O) groups excluding carboxylic acids is 2.